The molecule has 0 amide bonds. The van der Waals surface area contributed by atoms with Gasteiger partial charge in [-0.05, 0) is 38.6 Å². The van der Waals surface area contributed by atoms with Crippen LogP contribution in [0.4, 0.5) is 8.78 Å². The highest BCUT2D eigenvalue weighted by atomic mass is 19.3. The average Bonchev–Trinajstić information content (AvgIpc) is 2.34. The Morgan fingerprint density at radius 2 is 2.06 bits per heavy atom. The molecule has 0 aromatic rings. The van der Waals surface area contributed by atoms with Crippen LogP contribution in [0.2, 0.25) is 0 Å². The Bertz CT molecular complexity index is 252. The molecule has 2 nitrogen and oxygen atoms in total. The molecular formula is C14H28F2N2. The van der Waals surface area contributed by atoms with Crippen molar-refractivity contribution in [1.29, 1.82) is 0 Å². The van der Waals surface area contributed by atoms with E-state index < -0.39 is 5.92 Å². The summed E-state index contributed by atoms with van der Waals surface area (Å²) in [5.74, 6) is -2.33. The van der Waals surface area contributed by atoms with Crippen LogP contribution in [-0.4, -0.2) is 36.0 Å². The van der Waals surface area contributed by atoms with Gasteiger partial charge in [0, 0.05) is 31.5 Å². The monoisotopic (exact) mass is 262 g/mol. The van der Waals surface area contributed by atoms with Gasteiger partial charge >= 0.3 is 0 Å². The summed E-state index contributed by atoms with van der Waals surface area (Å²) < 4.78 is 26.9. The van der Waals surface area contributed by atoms with Crippen molar-refractivity contribution in [2.75, 3.05) is 19.6 Å². The molecule has 2 N–H and O–H groups in total. The number of rotatable bonds is 6. The number of halogens is 2. The van der Waals surface area contributed by atoms with Crippen LogP contribution in [0, 0.1) is 5.92 Å². The molecule has 0 heterocycles. The summed E-state index contributed by atoms with van der Waals surface area (Å²) in [5, 5.41) is 0. The highest BCUT2D eigenvalue weighted by molar-refractivity contribution is 4.88. The van der Waals surface area contributed by atoms with Gasteiger partial charge < -0.3 is 5.73 Å². The van der Waals surface area contributed by atoms with Crippen molar-refractivity contribution >= 4 is 0 Å². The summed E-state index contributed by atoms with van der Waals surface area (Å²) in [6, 6.07) is 0. The molecule has 0 bridgehead atoms. The lowest BCUT2D eigenvalue weighted by molar-refractivity contribution is -0.0616. The Labute approximate surface area is 110 Å². The van der Waals surface area contributed by atoms with E-state index in [2.05, 4.69) is 25.7 Å². The van der Waals surface area contributed by atoms with Gasteiger partial charge in [-0.15, -0.1) is 0 Å². The Morgan fingerprint density at radius 1 is 1.39 bits per heavy atom. The maximum absolute atomic E-state index is 13.4. The minimum absolute atomic E-state index is 0.0495. The summed E-state index contributed by atoms with van der Waals surface area (Å²) in [6.07, 6.45) is 2.66. The maximum Gasteiger partial charge on any atom is 0.248 e. The Hall–Kier alpha value is -0.220. The van der Waals surface area contributed by atoms with Crippen molar-refractivity contribution < 1.29 is 8.78 Å². The second kappa shape index (κ2) is 6.29. The van der Waals surface area contributed by atoms with Crippen LogP contribution in [0.5, 0.6) is 0 Å². The van der Waals surface area contributed by atoms with Crippen molar-refractivity contribution in [3.05, 3.63) is 0 Å². The molecular weight excluding hydrogens is 234 g/mol. The molecule has 0 spiro atoms. The van der Waals surface area contributed by atoms with E-state index in [0.717, 1.165) is 25.9 Å². The van der Waals surface area contributed by atoms with E-state index in [0.29, 0.717) is 13.0 Å². The summed E-state index contributed by atoms with van der Waals surface area (Å²) in [7, 11) is 0. The number of nitrogens with two attached hydrogens (primary N) is 1. The number of likely N-dealkylation sites (N-methyl/N-ethyl adjacent to an activating group) is 1. The minimum Gasteiger partial charge on any atom is -0.329 e. The van der Waals surface area contributed by atoms with Gasteiger partial charge in [-0.1, -0.05) is 13.8 Å². The highest BCUT2D eigenvalue weighted by Crippen LogP contribution is 2.37. The maximum atomic E-state index is 13.4. The predicted octanol–water partition coefficient (Wildman–Crippen LogP) is 3.26. The van der Waals surface area contributed by atoms with E-state index >= 15 is 0 Å². The van der Waals surface area contributed by atoms with E-state index in [9.17, 15) is 8.78 Å². The van der Waals surface area contributed by atoms with Crippen molar-refractivity contribution in [3.63, 3.8) is 0 Å². The fourth-order valence-corrected chi connectivity index (χ4v) is 2.97. The fourth-order valence-electron chi connectivity index (χ4n) is 2.97. The number of alkyl halides is 2. The van der Waals surface area contributed by atoms with E-state index in [1.54, 1.807) is 0 Å². The van der Waals surface area contributed by atoms with Crippen LogP contribution >= 0.6 is 0 Å². The zero-order valence-electron chi connectivity index (χ0n) is 12.0. The third-order valence-electron chi connectivity index (χ3n) is 4.57. The first kappa shape index (κ1) is 15.8. The molecule has 1 rings (SSSR count). The number of nitrogens with zero attached hydrogens (tertiary/aromatic N) is 1. The Morgan fingerprint density at radius 3 is 2.50 bits per heavy atom. The van der Waals surface area contributed by atoms with Crippen molar-refractivity contribution in [2.45, 2.75) is 64.3 Å². The van der Waals surface area contributed by atoms with Gasteiger partial charge in [0.15, 0.2) is 0 Å². The molecule has 0 aromatic heterocycles. The van der Waals surface area contributed by atoms with Crippen LogP contribution in [0.1, 0.15) is 52.9 Å². The van der Waals surface area contributed by atoms with Crippen LogP contribution in [-0.2, 0) is 0 Å². The second-order valence-corrected chi connectivity index (χ2v) is 5.91. The summed E-state index contributed by atoms with van der Waals surface area (Å²) in [5.41, 5.74) is 5.81. The first-order valence-corrected chi connectivity index (χ1v) is 7.20. The van der Waals surface area contributed by atoms with E-state index in [1.165, 1.54) is 0 Å². The summed E-state index contributed by atoms with van der Waals surface area (Å²) in [4.78, 5) is 2.29. The quantitative estimate of drug-likeness (QED) is 0.796. The summed E-state index contributed by atoms with van der Waals surface area (Å²) >= 11 is 0. The molecule has 18 heavy (non-hydrogen) atoms. The number of hydrogen-bond acceptors (Lipinski definition) is 2. The number of hydrogen-bond donors (Lipinski definition) is 1. The van der Waals surface area contributed by atoms with Crippen LogP contribution in [0.25, 0.3) is 0 Å². The third-order valence-corrected chi connectivity index (χ3v) is 4.57. The molecule has 0 aromatic carbocycles. The van der Waals surface area contributed by atoms with Gasteiger partial charge in [-0.3, -0.25) is 4.90 Å². The normalized spacial score (nSPS) is 27.2. The Balaban J connectivity index is 2.63. The van der Waals surface area contributed by atoms with E-state index in [-0.39, 0.29) is 24.3 Å². The van der Waals surface area contributed by atoms with Gasteiger partial charge in [0.25, 0.3) is 0 Å². The smallest absolute Gasteiger partial charge is 0.248 e. The Kier molecular flexibility index (Phi) is 5.53. The standard InChI is InChI=1S/C14H28F2N2/c1-4-13(3,11-17)18(5-2)10-12-7-6-8-14(15,16)9-12/h12H,4-11,17H2,1-3H3. The zero-order chi connectivity index (χ0) is 13.8. The predicted molar refractivity (Wildman–Crippen MR) is 71.9 cm³/mol. The third kappa shape index (κ3) is 3.89. The van der Waals surface area contributed by atoms with E-state index in [1.807, 2.05) is 0 Å². The van der Waals surface area contributed by atoms with Gasteiger partial charge in [-0.25, -0.2) is 8.78 Å². The molecule has 4 heteroatoms. The lowest BCUT2D eigenvalue weighted by Gasteiger charge is -2.42. The highest BCUT2D eigenvalue weighted by Gasteiger charge is 2.38. The minimum atomic E-state index is -2.45. The SMILES string of the molecule is CCN(CC1CCCC(F)(F)C1)C(C)(CC)CN. The van der Waals surface area contributed by atoms with Crippen molar-refractivity contribution in [1.82, 2.24) is 4.90 Å². The zero-order valence-corrected chi connectivity index (χ0v) is 12.0. The molecule has 108 valence electrons. The molecule has 2 atom stereocenters. The van der Waals surface area contributed by atoms with Gasteiger partial charge in [-0.2, -0.15) is 0 Å². The lowest BCUT2D eigenvalue weighted by Crippen LogP contribution is -2.53. The first-order valence-electron chi connectivity index (χ1n) is 7.20. The topological polar surface area (TPSA) is 29.3 Å². The molecule has 1 aliphatic carbocycles. The largest absolute Gasteiger partial charge is 0.329 e. The van der Waals surface area contributed by atoms with Crippen molar-refractivity contribution in [3.8, 4) is 0 Å². The molecule has 2 unspecified atom stereocenters. The van der Waals surface area contributed by atoms with Gasteiger partial charge in [0.2, 0.25) is 5.92 Å². The molecule has 1 saturated carbocycles. The second-order valence-electron chi connectivity index (χ2n) is 5.91. The molecule has 0 aliphatic heterocycles. The van der Waals surface area contributed by atoms with Crippen LogP contribution in [0.3, 0.4) is 0 Å². The lowest BCUT2D eigenvalue weighted by atomic mass is 9.84. The van der Waals surface area contributed by atoms with E-state index in [4.69, 9.17) is 5.73 Å². The van der Waals surface area contributed by atoms with Gasteiger partial charge in [0.1, 0.15) is 0 Å². The summed E-state index contributed by atoms with van der Waals surface area (Å²) in [6.45, 7) is 8.56. The fraction of sp³-hybridized carbons (Fsp3) is 1.00. The van der Waals surface area contributed by atoms with Crippen LogP contribution < -0.4 is 5.73 Å². The molecule has 0 saturated heterocycles. The molecule has 0 radical (unpaired) electrons. The van der Waals surface area contributed by atoms with Gasteiger partial charge in [0.05, 0.1) is 0 Å². The van der Waals surface area contributed by atoms with Crippen molar-refractivity contribution in [2.24, 2.45) is 11.7 Å². The molecule has 1 aliphatic rings. The average molecular weight is 262 g/mol. The van der Waals surface area contributed by atoms with Crippen LogP contribution in [0.15, 0.2) is 0 Å². The molecule has 1 fully saturated rings. The first-order chi connectivity index (χ1) is 8.37.